The number of hydrogen-bond acceptors (Lipinski definition) is 4. The predicted octanol–water partition coefficient (Wildman–Crippen LogP) is 5.65. The van der Waals surface area contributed by atoms with E-state index in [0.29, 0.717) is 16.6 Å². The largest absolute Gasteiger partial charge is 0.497 e. The van der Waals surface area contributed by atoms with Crippen molar-refractivity contribution in [3.63, 3.8) is 0 Å². The number of hydrogen-bond donors (Lipinski definition) is 2. The van der Waals surface area contributed by atoms with Crippen LogP contribution < -0.4 is 15.4 Å². The Morgan fingerprint density at radius 2 is 1.77 bits per heavy atom. The Labute approximate surface area is 217 Å². The first-order chi connectivity index (χ1) is 16.9. The van der Waals surface area contributed by atoms with Gasteiger partial charge in [-0.3, -0.25) is 9.59 Å². The molecule has 0 bridgehead atoms. The van der Waals surface area contributed by atoms with Gasteiger partial charge in [0.2, 0.25) is 11.8 Å². The molecule has 0 saturated carbocycles. The lowest BCUT2D eigenvalue weighted by molar-refractivity contribution is -0.121. The maximum absolute atomic E-state index is 12.6. The van der Waals surface area contributed by atoms with E-state index in [9.17, 15) is 9.59 Å². The van der Waals surface area contributed by atoms with E-state index in [2.05, 4.69) is 15.5 Å². The number of nitrogens with one attached hydrogen (secondary N) is 2. The highest BCUT2D eigenvalue weighted by atomic mass is 35.5. The molecule has 0 radical (unpaired) electrons. The number of unbranched alkanes of at least 4 members (excludes halogenated alkanes) is 2. The number of ether oxygens (including phenoxy) is 1. The molecule has 1 aliphatic heterocycles. The fourth-order valence-corrected chi connectivity index (χ4v) is 4.34. The molecule has 1 fully saturated rings. The van der Waals surface area contributed by atoms with Crippen LogP contribution in [0.15, 0.2) is 48.5 Å². The van der Waals surface area contributed by atoms with Crippen LogP contribution in [-0.2, 0) is 9.59 Å². The second kappa shape index (κ2) is 14.1. The Balaban J connectivity index is 1.24. The summed E-state index contributed by atoms with van der Waals surface area (Å²) in [6.45, 7) is 3.56. The van der Waals surface area contributed by atoms with Crippen molar-refractivity contribution in [3.8, 4) is 5.75 Å². The summed E-state index contributed by atoms with van der Waals surface area (Å²) >= 11 is 11.9. The van der Waals surface area contributed by atoms with Gasteiger partial charge in [-0.1, -0.05) is 35.7 Å². The highest BCUT2D eigenvalue weighted by Crippen LogP contribution is 2.23. The van der Waals surface area contributed by atoms with Crippen molar-refractivity contribution in [2.24, 2.45) is 5.92 Å². The first kappa shape index (κ1) is 27.1. The normalized spacial score (nSPS) is 14.7. The number of benzene rings is 2. The topological polar surface area (TPSA) is 70.7 Å². The molecular weight excluding hydrogens is 485 g/mol. The zero-order valence-electron chi connectivity index (χ0n) is 20.1. The minimum Gasteiger partial charge on any atom is -0.497 e. The number of nitrogens with zero attached hydrogens (tertiary/aromatic N) is 1. The molecule has 1 aliphatic rings. The first-order valence-corrected chi connectivity index (χ1v) is 12.8. The molecule has 0 aliphatic carbocycles. The third kappa shape index (κ3) is 9.21. The fourth-order valence-electron chi connectivity index (χ4n) is 4.03. The lowest BCUT2D eigenvalue weighted by Crippen LogP contribution is -2.38. The van der Waals surface area contributed by atoms with Crippen molar-refractivity contribution in [2.75, 3.05) is 38.6 Å². The zero-order valence-corrected chi connectivity index (χ0v) is 21.6. The lowest BCUT2D eigenvalue weighted by Gasteiger charge is -2.31. The molecule has 0 spiro atoms. The van der Waals surface area contributed by atoms with Crippen molar-refractivity contribution in [1.82, 2.24) is 10.2 Å². The summed E-state index contributed by atoms with van der Waals surface area (Å²) in [6.07, 6.45) is 8.05. The second-order valence-corrected chi connectivity index (χ2v) is 9.51. The Bertz CT molecular complexity index is 1000. The van der Waals surface area contributed by atoms with Gasteiger partial charge < -0.3 is 20.3 Å². The van der Waals surface area contributed by atoms with E-state index in [4.69, 9.17) is 27.9 Å². The summed E-state index contributed by atoms with van der Waals surface area (Å²) in [5.41, 5.74) is 1.63. The van der Waals surface area contributed by atoms with Gasteiger partial charge in [0.25, 0.3) is 0 Å². The molecule has 2 aromatic rings. The van der Waals surface area contributed by atoms with E-state index in [1.165, 1.54) is 6.08 Å². The molecule has 1 saturated heterocycles. The van der Waals surface area contributed by atoms with Crippen LogP contribution in [0.5, 0.6) is 5.75 Å². The Morgan fingerprint density at radius 3 is 2.46 bits per heavy atom. The molecule has 2 aromatic carbocycles. The van der Waals surface area contributed by atoms with Gasteiger partial charge in [0.15, 0.2) is 0 Å². The molecule has 35 heavy (non-hydrogen) atoms. The smallest absolute Gasteiger partial charge is 0.243 e. The standard InChI is InChI=1S/C27H33Cl2N3O3/c1-35-23-9-7-22(8-10-23)31-27(34)21-13-17-32(18-14-21)16-4-2-3-15-30-26(33)12-6-20-5-11-24(28)25(29)19-20/h5-12,19,21H,2-4,13-18H2,1H3,(H,30,33)(H,31,34)/b12-6+. The van der Waals surface area contributed by atoms with Crippen LogP contribution in [0.25, 0.3) is 6.08 Å². The van der Waals surface area contributed by atoms with Crippen LogP contribution >= 0.6 is 23.2 Å². The van der Waals surface area contributed by atoms with Gasteiger partial charge in [-0.15, -0.1) is 0 Å². The van der Waals surface area contributed by atoms with Crippen molar-refractivity contribution < 1.29 is 14.3 Å². The van der Waals surface area contributed by atoms with Crippen LogP contribution in [0.1, 0.15) is 37.7 Å². The molecule has 1 heterocycles. The number of anilines is 1. The quantitative estimate of drug-likeness (QED) is 0.298. The van der Waals surface area contributed by atoms with E-state index in [1.807, 2.05) is 30.3 Å². The zero-order chi connectivity index (χ0) is 25.0. The molecule has 3 rings (SSSR count). The molecule has 0 unspecified atom stereocenters. The Morgan fingerprint density at radius 1 is 1.03 bits per heavy atom. The number of methoxy groups -OCH3 is 1. The number of halogens is 2. The fraction of sp³-hybridized carbons (Fsp3) is 0.407. The molecule has 188 valence electrons. The summed E-state index contributed by atoms with van der Waals surface area (Å²) in [5.74, 6) is 0.806. The molecular formula is C27H33Cl2N3O3. The summed E-state index contributed by atoms with van der Waals surface area (Å²) in [6, 6.07) is 12.7. The predicted molar refractivity (Wildman–Crippen MR) is 143 cm³/mol. The van der Waals surface area contributed by atoms with Gasteiger partial charge in [-0.25, -0.2) is 0 Å². The maximum atomic E-state index is 12.6. The van der Waals surface area contributed by atoms with Gasteiger partial charge in [-0.05, 0) is 93.4 Å². The van der Waals surface area contributed by atoms with Gasteiger partial charge in [0.05, 0.1) is 17.2 Å². The average molecular weight is 518 g/mol. The number of amides is 2. The van der Waals surface area contributed by atoms with Crippen molar-refractivity contribution >= 4 is 46.8 Å². The summed E-state index contributed by atoms with van der Waals surface area (Å²) < 4.78 is 5.15. The highest BCUT2D eigenvalue weighted by molar-refractivity contribution is 6.42. The minimum absolute atomic E-state index is 0.0560. The highest BCUT2D eigenvalue weighted by Gasteiger charge is 2.24. The van der Waals surface area contributed by atoms with E-state index in [1.54, 1.807) is 25.3 Å². The monoisotopic (exact) mass is 517 g/mol. The van der Waals surface area contributed by atoms with Crippen LogP contribution in [0, 0.1) is 5.92 Å². The lowest BCUT2D eigenvalue weighted by atomic mass is 9.95. The maximum Gasteiger partial charge on any atom is 0.243 e. The molecule has 0 aromatic heterocycles. The van der Waals surface area contributed by atoms with E-state index < -0.39 is 0 Å². The SMILES string of the molecule is COc1ccc(NC(=O)C2CCN(CCCCCNC(=O)/C=C/c3ccc(Cl)c(Cl)c3)CC2)cc1. The summed E-state index contributed by atoms with van der Waals surface area (Å²) in [5, 5.41) is 6.89. The number of likely N-dealkylation sites (tertiary alicyclic amines) is 1. The second-order valence-electron chi connectivity index (χ2n) is 8.69. The number of carbonyl (C=O) groups excluding carboxylic acids is 2. The van der Waals surface area contributed by atoms with Gasteiger partial charge >= 0.3 is 0 Å². The van der Waals surface area contributed by atoms with Crippen LogP contribution in [-0.4, -0.2) is 50.0 Å². The van der Waals surface area contributed by atoms with Crippen molar-refractivity contribution in [3.05, 3.63) is 64.1 Å². The van der Waals surface area contributed by atoms with Gasteiger partial charge in [0, 0.05) is 24.2 Å². The minimum atomic E-state index is -0.119. The van der Waals surface area contributed by atoms with Crippen LogP contribution in [0.2, 0.25) is 10.0 Å². The Kier molecular flexibility index (Phi) is 10.9. The van der Waals surface area contributed by atoms with E-state index >= 15 is 0 Å². The summed E-state index contributed by atoms with van der Waals surface area (Å²) in [7, 11) is 1.62. The van der Waals surface area contributed by atoms with Gasteiger partial charge in [0.1, 0.15) is 5.75 Å². The van der Waals surface area contributed by atoms with Crippen molar-refractivity contribution in [2.45, 2.75) is 32.1 Å². The van der Waals surface area contributed by atoms with E-state index in [-0.39, 0.29) is 17.7 Å². The number of piperidine rings is 1. The number of carbonyl (C=O) groups is 2. The first-order valence-electron chi connectivity index (χ1n) is 12.0. The van der Waals surface area contributed by atoms with Crippen molar-refractivity contribution in [1.29, 1.82) is 0 Å². The summed E-state index contributed by atoms with van der Waals surface area (Å²) in [4.78, 5) is 27.0. The molecule has 8 heteroatoms. The molecule has 0 atom stereocenters. The number of rotatable bonds is 11. The molecule has 2 N–H and O–H groups in total. The van der Waals surface area contributed by atoms with Crippen LogP contribution in [0.4, 0.5) is 5.69 Å². The third-order valence-corrected chi connectivity index (χ3v) is 6.88. The van der Waals surface area contributed by atoms with E-state index in [0.717, 1.165) is 68.7 Å². The average Bonchev–Trinajstić information content (AvgIpc) is 2.87. The Hall–Kier alpha value is -2.54. The molecule has 2 amide bonds. The molecule has 6 nitrogen and oxygen atoms in total. The van der Waals surface area contributed by atoms with Gasteiger partial charge in [-0.2, -0.15) is 0 Å². The third-order valence-electron chi connectivity index (χ3n) is 6.14. The van der Waals surface area contributed by atoms with Crippen LogP contribution in [0.3, 0.4) is 0 Å².